The number of thiazole rings is 1. The van der Waals surface area contributed by atoms with Crippen LogP contribution in [0.15, 0.2) is 40.7 Å². The van der Waals surface area contributed by atoms with E-state index in [9.17, 15) is 4.79 Å². The van der Waals surface area contributed by atoms with E-state index in [1.165, 1.54) is 0 Å². The van der Waals surface area contributed by atoms with Crippen LogP contribution in [0.1, 0.15) is 36.9 Å². The molecule has 8 heteroatoms. The van der Waals surface area contributed by atoms with Gasteiger partial charge in [0.05, 0.1) is 23.3 Å². The van der Waals surface area contributed by atoms with Crippen LogP contribution in [0.5, 0.6) is 0 Å². The SMILES string of the molecule is CN=C(NCc1csc(C(C)C)n1)NC1CC(=O)N(c2ccccc2)C1.I. The van der Waals surface area contributed by atoms with Gasteiger partial charge in [0.25, 0.3) is 0 Å². The predicted octanol–water partition coefficient (Wildman–Crippen LogP) is 3.36. The molecule has 1 amide bonds. The number of nitrogens with zero attached hydrogens (tertiary/aromatic N) is 3. The average molecular weight is 499 g/mol. The summed E-state index contributed by atoms with van der Waals surface area (Å²) in [7, 11) is 1.74. The van der Waals surface area contributed by atoms with Crippen molar-refractivity contribution in [2.45, 2.75) is 38.8 Å². The Morgan fingerprint density at radius 2 is 2.11 bits per heavy atom. The molecule has 3 rings (SSSR count). The zero-order valence-electron chi connectivity index (χ0n) is 15.8. The summed E-state index contributed by atoms with van der Waals surface area (Å²) in [6.45, 7) is 5.54. The van der Waals surface area contributed by atoms with Gasteiger partial charge in [0.1, 0.15) is 0 Å². The number of benzene rings is 1. The number of aromatic nitrogens is 1. The second kappa shape index (κ2) is 10.0. The maximum Gasteiger partial charge on any atom is 0.229 e. The quantitative estimate of drug-likeness (QED) is 0.376. The molecule has 0 saturated carbocycles. The van der Waals surface area contributed by atoms with Crippen molar-refractivity contribution in [3.05, 3.63) is 46.4 Å². The summed E-state index contributed by atoms with van der Waals surface area (Å²) in [6, 6.07) is 9.81. The van der Waals surface area contributed by atoms with Gasteiger partial charge in [0, 0.05) is 37.0 Å². The summed E-state index contributed by atoms with van der Waals surface area (Å²) in [6.07, 6.45) is 0.462. The lowest BCUT2D eigenvalue weighted by atomic mass is 10.2. The standard InChI is InChI=1S/C19H25N5OS.HI/c1-13(2)18-22-15(12-26-18)10-21-19(20-3)23-14-9-17(25)24(11-14)16-7-5-4-6-8-16;/h4-8,12-14H,9-11H2,1-3H3,(H2,20,21,23);1H. The van der Waals surface area contributed by atoms with Gasteiger partial charge in [-0.15, -0.1) is 35.3 Å². The third-order valence-electron chi connectivity index (χ3n) is 4.26. The van der Waals surface area contributed by atoms with Crippen molar-refractivity contribution in [2.75, 3.05) is 18.5 Å². The Labute approximate surface area is 181 Å². The highest BCUT2D eigenvalue weighted by molar-refractivity contribution is 14.0. The van der Waals surface area contributed by atoms with Crippen molar-refractivity contribution in [1.29, 1.82) is 0 Å². The summed E-state index contributed by atoms with van der Waals surface area (Å²) < 4.78 is 0. The smallest absolute Gasteiger partial charge is 0.229 e. The van der Waals surface area contributed by atoms with Gasteiger partial charge in [-0.3, -0.25) is 9.79 Å². The Balaban J connectivity index is 0.00000261. The fourth-order valence-electron chi connectivity index (χ4n) is 2.89. The Hall–Kier alpha value is -1.68. The number of carbonyl (C=O) groups excluding carboxylic acids is 1. The summed E-state index contributed by atoms with van der Waals surface area (Å²) in [5.74, 6) is 1.27. The first-order valence-electron chi connectivity index (χ1n) is 8.83. The van der Waals surface area contributed by atoms with Gasteiger partial charge >= 0.3 is 0 Å². The Morgan fingerprint density at radius 1 is 1.37 bits per heavy atom. The number of rotatable bonds is 5. The number of halogens is 1. The summed E-state index contributed by atoms with van der Waals surface area (Å²) in [4.78, 5) is 23.0. The van der Waals surface area contributed by atoms with Crippen molar-refractivity contribution >= 4 is 52.9 Å². The molecule has 1 aromatic heterocycles. The van der Waals surface area contributed by atoms with Crippen LogP contribution in [-0.4, -0.2) is 36.5 Å². The molecule has 2 heterocycles. The molecule has 0 radical (unpaired) electrons. The van der Waals surface area contributed by atoms with Gasteiger partial charge in [-0.2, -0.15) is 0 Å². The fraction of sp³-hybridized carbons (Fsp3) is 0.421. The molecule has 0 spiro atoms. The molecule has 1 aliphatic rings. The molecule has 27 heavy (non-hydrogen) atoms. The molecular weight excluding hydrogens is 473 g/mol. The first-order chi connectivity index (χ1) is 12.6. The molecule has 1 saturated heterocycles. The number of hydrogen-bond acceptors (Lipinski definition) is 4. The molecule has 1 atom stereocenters. The Morgan fingerprint density at radius 3 is 2.74 bits per heavy atom. The van der Waals surface area contributed by atoms with Gasteiger partial charge < -0.3 is 15.5 Å². The highest BCUT2D eigenvalue weighted by atomic mass is 127. The normalized spacial score (nSPS) is 17.2. The molecule has 2 N–H and O–H groups in total. The second-order valence-electron chi connectivity index (χ2n) is 6.64. The first-order valence-corrected chi connectivity index (χ1v) is 9.71. The van der Waals surface area contributed by atoms with Crippen LogP contribution >= 0.6 is 35.3 Å². The highest BCUT2D eigenvalue weighted by Crippen LogP contribution is 2.21. The zero-order chi connectivity index (χ0) is 18.5. The third-order valence-corrected chi connectivity index (χ3v) is 5.45. The lowest BCUT2D eigenvalue weighted by Gasteiger charge is -2.18. The van der Waals surface area contributed by atoms with Crippen molar-refractivity contribution in [2.24, 2.45) is 4.99 Å². The molecule has 1 fully saturated rings. The summed E-state index contributed by atoms with van der Waals surface area (Å²) >= 11 is 1.69. The van der Waals surface area contributed by atoms with Crippen LogP contribution in [0.3, 0.4) is 0 Å². The van der Waals surface area contributed by atoms with E-state index >= 15 is 0 Å². The maximum atomic E-state index is 12.3. The van der Waals surface area contributed by atoms with Crippen molar-refractivity contribution in [1.82, 2.24) is 15.6 Å². The van der Waals surface area contributed by atoms with E-state index in [1.54, 1.807) is 18.4 Å². The van der Waals surface area contributed by atoms with Crippen molar-refractivity contribution in [3.63, 3.8) is 0 Å². The predicted molar refractivity (Wildman–Crippen MR) is 122 cm³/mol. The lowest BCUT2D eigenvalue weighted by molar-refractivity contribution is -0.117. The number of guanidine groups is 1. The van der Waals surface area contributed by atoms with E-state index in [2.05, 4.69) is 39.8 Å². The highest BCUT2D eigenvalue weighted by Gasteiger charge is 2.31. The summed E-state index contributed by atoms with van der Waals surface area (Å²) in [5.41, 5.74) is 1.95. The van der Waals surface area contributed by atoms with E-state index in [4.69, 9.17) is 0 Å². The molecular formula is C19H26IN5OS. The monoisotopic (exact) mass is 499 g/mol. The van der Waals surface area contributed by atoms with E-state index in [0.717, 1.165) is 16.4 Å². The van der Waals surface area contributed by atoms with Crippen LogP contribution in [-0.2, 0) is 11.3 Å². The molecule has 1 aliphatic heterocycles. The van der Waals surface area contributed by atoms with Crippen LogP contribution in [0.25, 0.3) is 0 Å². The van der Waals surface area contributed by atoms with Crippen LogP contribution in [0.2, 0.25) is 0 Å². The van der Waals surface area contributed by atoms with Crippen LogP contribution < -0.4 is 15.5 Å². The Kier molecular flexibility index (Phi) is 8.03. The van der Waals surface area contributed by atoms with E-state index in [-0.39, 0.29) is 35.9 Å². The second-order valence-corrected chi connectivity index (χ2v) is 7.53. The number of para-hydroxylation sites is 1. The minimum absolute atomic E-state index is 0. The zero-order valence-corrected chi connectivity index (χ0v) is 19.0. The van der Waals surface area contributed by atoms with Gasteiger partial charge in [-0.05, 0) is 12.1 Å². The van der Waals surface area contributed by atoms with E-state index < -0.39 is 0 Å². The largest absolute Gasteiger partial charge is 0.351 e. The molecule has 2 aromatic rings. The van der Waals surface area contributed by atoms with Gasteiger partial charge in [-0.25, -0.2) is 4.98 Å². The lowest BCUT2D eigenvalue weighted by Crippen LogP contribution is -2.44. The van der Waals surface area contributed by atoms with Crippen LogP contribution in [0.4, 0.5) is 5.69 Å². The molecule has 0 bridgehead atoms. The number of nitrogens with one attached hydrogen (secondary N) is 2. The van der Waals surface area contributed by atoms with Crippen molar-refractivity contribution in [3.8, 4) is 0 Å². The minimum atomic E-state index is 0. The number of carbonyl (C=O) groups is 1. The number of hydrogen-bond donors (Lipinski definition) is 2. The van der Waals surface area contributed by atoms with Gasteiger partial charge in [0.2, 0.25) is 5.91 Å². The number of anilines is 1. The van der Waals surface area contributed by atoms with E-state index in [0.29, 0.717) is 31.4 Å². The molecule has 146 valence electrons. The first kappa shape index (κ1) is 21.6. The maximum absolute atomic E-state index is 12.3. The van der Waals surface area contributed by atoms with E-state index in [1.807, 2.05) is 35.2 Å². The molecule has 1 aromatic carbocycles. The average Bonchev–Trinajstić information content (AvgIpc) is 3.26. The number of aliphatic imine (C=N–C) groups is 1. The topological polar surface area (TPSA) is 69.6 Å². The molecule has 1 unspecified atom stereocenters. The van der Waals surface area contributed by atoms with Gasteiger partial charge in [0.15, 0.2) is 5.96 Å². The number of amides is 1. The minimum Gasteiger partial charge on any atom is -0.351 e. The Bertz CT molecular complexity index is 777. The third kappa shape index (κ3) is 5.65. The van der Waals surface area contributed by atoms with Crippen LogP contribution in [0, 0.1) is 0 Å². The molecule has 6 nitrogen and oxygen atoms in total. The molecule has 0 aliphatic carbocycles. The summed E-state index contributed by atoms with van der Waals surface area (Å²) in [5, 5.41) is 9.85. The van der Waals surface area contributed by atoms with Crippen molar-refractivity contribution < 1.29 is 4.79 Å². The fourth-order valence-corrected chi connectivity index (χ4v) is 3.73. The van der Waals surface area contributed by atoms with Gasteiger partial charge in [-0.1, -0.05) is 32.0 Å².